The van der Waals surface area contributed by atoms with Gasteiger partial charge in [0, 0.05) is 25.5 Å². The molecule has 0 spiro atoms. The van der Waals surface area contributed by atoms with Gasteiger partial charge in [0.05, 0.1) is 5.69 Å². The fraction of sp³-hybridized carbons (Fsp3) is 0.100. The summed E-state index contributed by atoms with van der Waals surface area (Å²) in [5, 5.41) is 6.36. The van der Waals surface area contributed by atoms with Crippen molar-refractivity contribution in [3.05, 3.63) is 83.0 Å². The van der Waals surface area contributed by atoms with Crippen LogP contribution in [0, 0.1) is 0 Å². The summed E-state index contributed by atoms with van der Waals surface area (Å²) < 4.78 is 7.79. The first-order valence-corrected chi connectivity index (χ1v) is 8.02. The van der Waals surface area contributed by atoms with E-state index in [-0.39, 0.29) is 5.56 Å². The molecular formula is C20H17N3O2. The molecule has 0 saturated carbocycles. The number of rotatable bonds is 4. The molecule has 0 aliphatic carbocycles. The number of pyridine rings is 1. The van der Waals surface area contributed by atoms with E-state index in [1.54, 1.807) is 17.1 Å². The monoisotopic (exact) mass is 331 g/mol. The van der Waals surface area contributed by atoms with Crippen molar-refractivity contribution >= 4 is 10.8 Å². The SMILES string of the molecule is Cn1nccc1COc1cc(-c2ccc(=O)[nH]c2)c2ccccc2c1. The quantitative estimate of drug-likeness (QED) is 0.622. The zero-order valence-electron chi connectivity index (χ0n) is 13.8. The minimum Gasteiger partial charge on any atom is -0.487 e. The van der Waals surface area contributed by atoms with Gasteiger partial charge in [0.1, 0.15) is 12.4 Å². The summed E-state index contributed by atoms with van der Waals surface area (Å²) in [6.07, 6.45) is 3.49. The molecule has 0 atom stereocenters. The number of hydrogen-bond acceptors (Lipinski definition) is 3. The first kappa shape index (κ1) is 15.2. The average molecular weight is 331 g/mol. The second-order valence-corrected chi connectivity index (χ2v) is 5.87. The van der Waals surface area contributed by atoms with Crippen molar-refractivity contribution in [3.8, 4) is 16.9 Å². The lowest BCUT2D eigenvalue weighted by Gasteiger charge is -2.12. The van der Waals surface area contributed by atoms with Crippen LogP contribution in [0.2, 0.25) is 0 Å². The molecule has 25 heavy (non-hydrogen) atoms. The zero-order valence-corrected chi connectivity index (χ0v) is 13.8. The van der Waals surface area contributed by atoms with E-state index in [1.807, 2.05) is 43.4 Å². The molecule has 0 amide bonds. The van der Waals surface area contributed by atoms with Crippen molar-refractivity contribution in [2.24, 2.45) is 7.05 Å². The van der Waals surface area contributed by atoms with Crippen LogP contribution >= 0.6 is 0 Å². The first-order chi connectivity index (χ1) is 12.2. The van der Waals surface area contributed by atoms with Gasteiger partial charge in [-0.2, -0.15) is 5.10 Å². The Balaban J connectivity index is 1.77. The maximum Gasteiger partial charge on any atom is 0.247 e. The number of nitrogens with one attached hydrogen (secondary N) is 1. The third kappa shape index (κ3) is 3.04. The smallest absolute Gasteiger partial charge is 0.247 e. The Labute approximate surface area is 144 Å². The van der Waals surface area contributed by atoms with Gasteiger partial charge < -0.3 is 9.72 Å². The summed E-state index contributed by atoms with van der Waals surface area (Å²) >= 11 is 0. The lowest BCUT2D eigenvalue weighted by Crippen LogP contribution is -2.03. The van der Waals surface area contributed by atoms with Crippen molar-refractivity contribution < 1.29 is 4.74 Å². The number of aromatic nitrogens is 3. The number of aromatic amines is 1. The number of fused-ring (bicyclic) bond motifs is 1. The van der Waals surface area contributed by atoms with Crippen molar-refractivity contribution in [2.75, 3.05) is 0 Å². The summed E-state index contributed by atoms with van der Waals surface area (Å²) in [5.74, 6) is 0.779. The maximum atomic E-state index is 11.4. The molecule has 0 unspecified atom stereocenters. The molecule has 5 heteroatoms. The van der Waals surface area contributed by atoms with Gasteiger partial charge in [-0.3, -0.25) is 9.48 Å². The number of hydrogen-bond donors (Lipinski definition) is 1. The van der Waals surface area contributed by atoms with Crippen LogP contribution in [-0.4, -0.2) is 14.8 Å². The number of ether oxygens (including phenoxy) is 1. The zero-order chi connectivity index (χ0) is 17.2. The topological polar surface area (TPSA) is 59.9 Å². The number of nitrogens with zero attached hydrogens (tertiary/aromatic N) is 2. The van der Waals surface area contributed by atoms with Crippen LogP contribution < -0.4 is 10.3 Å². The lowest BCUT2D eigenvalue weighted by molar-refractivity contribution is 0.295. The minimum atomic E-state index is -0.114. The van der Waals surface area contributed by atoms with E-state index in [2.05, 4.69) is 22.2 Å². The van der Waals surface area contributed by atoms with Crippen molar-refractivity contribution in [2.45, 2.75) is 6.61 Å². The summed E-state index contributed by atoms with van der Waals surface area (Å²) in [4.78, 5) is 14.1. The van der Waals surface area contributed by atoms with Crippen molar-refractivity contribution in [3.63, 3.8) is 0 Å². The van der Waals surface area contributed by atoms with Crippen LogP contribution in [-0.2, 0) is 13.7 Å². The summed E-state index contributed by atoms with van der Waals surface area (Å²) in [6.45, 7) is 0.444. The van der Waals surface area contributed by atoms with E-state index in [4.69, 9.17) is 4.74 Å². The molecule has 0 aliphatic heterocycles. The van der Waals surface area contributed by atoms with Gasteiger partial charge in [0.25, 0.3) is 0 Å². The Morgan fingerprint density at radius 3 is 2.76 bits per heavy atom. The number of aryl methyl sites for hydroxylation is 1. The Hall–Kier alpha value is -3.34. The summed E-state index contributed by atoms with van der Waals surface area (Å²) in [7, 11) is 1.89. The molecule has 4 aromatic rings. The van der Waals surface area contributed by atoms with Crippen LogP contribution in [0.25, 0.3) is 21.9 Å². The van der Waals surface area contributed by atoms with Gasteiger partial charge in [-0.1, -0.05) is 24.3 Å². The fourth-order valence-electron chi connectivity index (χ4n) is 2.88. The maximum absolute atomic E-state index is 11.4. The predicted octanol–water partition coefficient (Wildman–Crippen LogP) is 3.51. The molecule has 0 aliphatic rings. The van der Waals surface area contributed by atoms with Crippen molar-refractivity contribution in [1.82, 2.24) is 14.8 Å². The molecule has 0 radical (unpaired) electrons. The van der Waals surface area contributed by atoms with Crippen LogP contribution in [0.15, 0.2) is 71.8 Å². The molecule has 2 heterocycles. The Kier molecular flexibility index (Phi) is 3.82. The molecule has 4 rings (SSSR count). The summed E-state index contributed by atoms with van der Waals surface area (Å²) in [5.41, 5.74) is 2.85. The molecule has 0 saturated heterocycles. The predicted molar refractivity (Wildman–Crippen MR) is 97.5 cm³/mol. The highest BCUT2D eigenvalue weighted by atomic mass is 16.5. The van der Waals surface area contributed by atoms with Crippen LogP contribution in [0.4, 0.5) is 0 Å². The highest BCUT2D eigenvalue weighted by molar-refractivity contribution is 5.97. The molecule has 5 nitrogen and oxygen atoms in total. The largest absolute Gasteiger partial charge is 0.487 e. The highest BCUT2D eigenvalue weighted by Crippen LogP contribution is 2.32. The second-order valence-electron chi connectivity index (χ2n) is 5.87. The lowest BCUT2D eigenvalue weighted by atomic mass is 9.99. The normalized spacial score (nSPS) is 10.9. The van der Waals surface area contributed by atoms with Crippen LogP contribution in [0.5, 0.6) is 5.75 Å². The Morgan fingerprint density at radius 2 is 2.00 bits per heavy atom. The van der Waals surface area contributed by atoms with E-state index >= 15 is 0 Å². The van der Waals surface area contributed by atoms with Gasteiger partial charge >= 0.3 is 0 Å². The molecule has 124 valence electrons. The second kappa shape index (κ2) is 6.28. The average Bonchev–Trinajstić information content (AvgIpc) is 3.05. The highest BCUT2D eigenvalue weighted by Gasteiger charge is 2.08. The minimum absolute atomic E-state index is 0.114. The molecule has 2 aromatic carbocycles. The van der Waals surface area contributed by atoms with E-state index in [0.29, 0.717) is 6.61 Å². The number of benzene rings is 2. The number of H-pyrrole nitrogens is 1. The van der Waals surface area contributed by atoms with E-state index < -0.39 is 0 Å². The molecule has 0 bridgehead atoms. The Morgan fingerprint density at radius 1 is 1.12 bits per heavy atom. The van der Waals surface area contributed by atoms with Gasteiger partial charge in [-0.05, 0) is 46.2 Å². The molecular weight excluding hydrogens is 314 g/mol. The van der Waals surface area contributed by atoms with Crippen LogP contribution in [0.1, 0.15) is 5.69 Å². The van der Waals surface area contributed by atoms with Crippen LogP contribution in [0.3, 0.4) is 0 Å². The third-order valence-corrected chi connectivity index (χ3v) is 4.24. The standard InChI is InChI=1S/C20H17N3O2/c1-23-16(8-9-22-23)13-25-17-10-14-4-2-3-5-18(14)19(11-17)15-6-7-20(24)21-12-15/h2-12H,13H2,1H3,(H,21,24). The van der Waals surface area contributed by atoms with E-state index in [0.717, 1.165) is 33.3 Å². The van der Waals surface area contributed by atoms with E-state index in [1.165, 1.54) is 6.07 Å². The van der Waals surface area contributed by atoms with Gasteiger partial charge in [0.2, 0.25) is 5.56 Å². The van der Waals surface area contributed by atoms with Gasteiger partial charge in [0.15, 0.2) is 0 Å². The van der Waals surface area contributed by atoms with Gasteiger partial charge in [-0.25, -0.2) is 0 Å². The van der Waals surface area contributed by atoms with Gasteiger partial charge in [-0.15, -0.1) is 0 Å². The Bertz CT molecular complexity index is 1080. The first-order valence-electron chi connectivity index (χ1n) is 8.02. The molecule has 1 N–H and O–H groups in total. The van der Waals surface area contributed by atoms with Crippen molar-refractivity contribution in [1.29, 1.82) is 0 Å². The molecule has 2 aromatic heterocycles. The fourth-order valence-corrected chi connectivity index (χ4v) is 2.88. The summed E-state index contributed by atoms with van der Waals surface area (Å²) in [6, 6.07) is 17.5. The molecule has 0 fully saturated rings. The third-order valence-electron chi connectivity index (χ3n) is 4.24. The van der Waals surface area contributed by atoms with E-state index in [9.17, 15) is 4.79 Å².